The Kier molecular flexibility index (Phi) is 5.78. The number of carbonyl (C=O) groups is 1. The molecule has 1 atom stereocenters. The second-order valence-corrected chi connectivity index (χ2v) is 2.87. The highest BCUT2D eigenvalue weighted by Gasteiger charge is 2.25. The molecule has 0 aromatic rings. The van der Waals surface area contributed by atoms with E-state index in [2.05, 4.69) is 16.6 Å². The normalized spacial score (nSPS) is 18.7. The van der Waals surface area contributed by atoms with E-state index in [1.165, 1.54) is 0 Å². The van der Waals surface area contributed by atoms with Gasteiger partial charge in [-0.05, 0) is 0 Å². The van der Waals surface area contributed by atoms with Crippen LogP contribution < -0.4 is 0 Å². The van der Waals surface area contributed by atoms with Crippen molar-refractivity contribution in [3.05, 3.63) is 0 Å². The summed E-state index contributed by atoms with van der Waals surface area (Å²) >= 11 is 0. The molecule has 0 saturated carbocycles. The molecular weight excluding hydrogens is 200 g/mol. The Bertz CT molecular complexity index is 244. The zero-order valence-electron chi connectivity index (χ0n) is 8.65. The van der Waals surface area contributed by atoms with E-state index in [1.807, 2.05) is 0 Å². The standard InChI is InChI=1S/C10H14O5/c1-12-5-6-14-8-13-4-2-3-9-7-10(11)15-9/h9H,4-8H2,1H3/t9-/m1/s1. The molecule has 0 amide bonds. The van der Waals surface area contributed by atoms with Crippen LogP contribution in [0.4, 0.5) is 0 Å². The molecule has 1 fully saturated rings. The number of ether oxygens (including phenoxy) is 4. The molecule has 0 N–H and O–H groups in total. The predicted molar refractivity (Wildman–Crippen MR) is 50.9 cm³/mol. The van der Waals surface area contributed by atoms with Gasteiger partial charge in [-0.1, -0.05) is 11.8 Å². The summed E-state index contributed by atoms with van der Waals surface area (Å²) in [5.74, 6) is 5.30. The first-order chi connectivity index (χ1) is 7.33. The first-order valence-electron chi connectivity index (χ1n) is 4.65. The average molecular weight is 214 g/mol. The van der Waals surface area contributed by atoms with Gasteiger partial charge < -0.3 is 18.9 Å². The summed E-state index contributed by atoms with van der Waals surface area (Å²) < 4.78 is 19.5. The molecule has 84 valence electrons. The lowest BCUT2D eigenvalue weighted by atomic mass is 10.2. The molecule has 1 heterocycles. The molecule has 15 heavy (non-hydrogen) atoms. The van der Waals surface area contributed by atoms with E-state index < -0.39 is 0 Å². The van der Waals surface area contributed by atoms with Crippen molar-refractivity contribution in [3.63, 3.8) is 0 Å². The van der Waals surface area contributed by atoms with Gasteiger partial charge in [0, 0.05) is 7.11 Å². The van der Waals surface area contributed by atoms with E-state index in [1.54, 1.807) is 7.11 Å². The number of hydrogen-bond acceptors (Lipinski definition) is 5. The van der Waals surface area contributed by atoms with Gasteiger partial charge in [0.1, 0.15) is 13.4 Å². The van der Waals surface area contributed by atoms with Gasteiger partial charge in [0.05, 0.1) is 19.6 Å². The summed E-state index contributed by atoms with van der Waals surface area (Å²) in [6.07, 6.45) is 0.146. The Balaban J connectivity index is 1.86. The summed E-state index contributed by atoms with van der Waals surface area (Å²) in [6.45, 7) is 1.53. The monoisotopic (exact) mass is 214 g/mol. The van der Waals surface area contributed by atoms with Gasteiger partial charge in [-0.15, -0.1) is 0 Å². The lowest BCUT2D eigenvalue weighted by Crippen LogP contribution is -2.31. The maximum atomic E-state index is 10.4. The van der Waals surface area contributed by atoms with E-state index >= 15 is 0 Å². The number of esters is 1. The molecule has 1 aliphatic heterocycles. The van der Waals surface area contributed by atoms with Crippen LogP contribution in [0.2, 0.25) is 0 Å². The Morgan fingerprint density at radius 2 is 2.27 bits per heavy atom. The molecule has 5 heteroatoms. The van der Waals surface area contributed by atoms with Crippen LogP contribution in [0.3, 0.4) is 0 Å². The van der Waals surface area contributed by atoms with Crippen LogP contribution in [0.25, 0.3) is 0 Å². The zero-order valence-corrected chi connectivity index (χ0v) is 8.65. The lowest BCUT2D eigenvalue weighted by Gasteiger charge is -2.19. The van der Waals surface area contributed by atoms with Gasteiger partial charge in [0.25, 0.3) is 0 Å². The molecule has 0 aliphatic carbocycles. The van der Waals surface area contributed by atoms with Crippen LogP contribution in [0.5, 0.6) is 0 Å². The fraction of sp³-hybridized carbons (Fsp3) is 0.700. The summed E-state index contributed by atoms with van der Waals surface area (Å²) in [5.41, 5.74) is 0. The average Bonchev–Trinajstić information content (AvgIpc) is 2.19. The van der Waals surface area contributed by atoms with Gasteiger partial charge in [-0.25, -0.2) is 0 Å². The highest BCUT2D eigenvalue weighted by atomic mass is 16.7. The van der Waals surface area contributed by atoms with Gasteiger partial charge in [-0.3, -0.25) is 4.79 Å². The second kappa shape index (κ2) is 7.23. The van der Waals surface area contributed by atoms with E-state index in [4.69, 9.17) is 14.2 Å². The topological polar surface area (TPSA) is 54.0 Å². The van der Waals surface area contributed by atoms with Gasteiger partial charge >= 0.3 is 5.97 Å². The van der Waals surface area contributed by atoms with Crippen LogP contribution in [-0.4, -0.2) is 45.8 Å². The summed E-state index contributed by atoms with van der Waals surface area (Å²) in [5, 5.41) is 0. The van der Waals surface area contributed by atoms with Crippen molar-refractivity contribution in [1.29, 1.82) is 0 Å². The third-order valence-electron chi connectivity index (χ3n) is 1.66. The minimum Gasteiger partial charge on any atom is -0.448 e. The Morgan fingerprint density at radius 1 is 1.47 bits per heavy atom. The highest BCUT2D eigenvalue weighted by Crippen LogP contribution is 2.10. The largest absolute Gasteiger partial charge is 0.448 e. The summed E-state index contributed by atoms with van der Waals surface area (Å²) in [6, 6.07) is 0. The minimum atomic E-state index is -0.240. The van der Waals surface area contributed by atoms with Crippen molar-refractivity contribution in [2.75, 3.05) is 33.7 Å². The quantitative estimate of drug-likeness (QED) is 0.268. The third-order valence-corrected chi connectivity index (χ3v) is 1.66. The first-order valence-corrected chi connectivity index (χ1v) is 4.65. The first kappa shape index (κ1) is 12.0. The fourth-order valence-corrected chi connectivity index (χ4v) is 0.889. The second-order valence-electron chi connectivity index (χ2n) is 2.87. The Morgan fingerprint density at radius 3 is 2.93 bits per heavy atom. The van der Waals surface area contributed by atoms with Gasteiger partial charge in [0.15, 0.2) is 6.10 Å². The molecule has 0 aromatic carbocycles. The van der Waals surface area contributed by atoms with Gasteiger partial charge in [0.2, 0.25) is 0 Å². The van der Waals surface area contributed by atoms with Crippen molar-refractivity contribution >= 4 is 5.97 Å². The molecule has 1 aliphatic rings. The molecule has 0 bridgehead atoms. The number of carbonyl (C=O) groups excluding carboxylic acids is 1. The van der Waals surface area contributed by atoms with Crippen molar-refractivity contribution in [1.82, 2.24) is 0 Å². The molecule has 0 spiro atoms. The predicted octanol–water partition coefficient (Wildman–Crippen LogP) is -0.0576. The number of methoxy groups -OCH3 is 1. The minimum absolute atomic E-state index is 0.196. The van der Waals surface area contributed by atoms with Crippen molar-refractivity contribution in [3.8, 4) is 11.8 Å². The zero-order chi connectivity index (χ0) is 10.9. The molecule has 0 unspecified atom stereocenters. The smallest absolute Gasteiger partial charge is 0.311 e. The highest BCUT2D eigenvalue weighted by molar-refractivity contribution is 5.76. The number of cyclic esters (lactones) is 1. The maximum absolute atomic E-state index is 10.4. The summed E-state index contributed by atoms with van der Waals surface area (Å²) in [7, 11) is 1.61. The molecule has 0 aromatic heterocycles. The molecule has 5 nitrogen and oxygen atoms in total. The molecular formula is C10H14O5. The van der Waals surface area contributed by atoms with Crippen LogP contribution >= 0.6 is 0 Å². The molecule has 1 saturated heterocycles. The Hall–Kier alpha value is -1.09. The summed E-state index contributed by atoms with van der Waals surface area (Å²) in [4.78, 5) is 10.4. The lowest BCUT2D eigenvalue weighted by molar-refractivity contribution is -0.163. The van der Waals surface area contributed by atoms with Crippen LogP contribution in [0.1, 0.15) is 6.42 Å². The van der Waals surface area contributed by atoms with E-state index in [-0.39, 0.29) is 25.5 Å². The fourth-order valence-electron chi connectivity index (χ4n) is 0.889. The van der Waals surface area contributed by atoms with Crippen LogP contribution in [0.15, 0.2) is 0 Å². The number of hydrogen-bond donors (Lipinski definition) is 0. The van der Waals surface area contributed by atoms with E-state index in [0.717, 1.165) is 0 Å². The van der Waals surface area contributed by atoms with Crippen molar-refractivity contribution < 1.29 is 23.7 Å². The van der Waals surface area contributed by atoms with Crippen molar-refractivity contribution in [2.45, 2.75) is 12.5 Å². The number of rotatable bonds is 6. The molecule has 1 rings (SSSR count). The van der Waals surface area contributed by atoms with Crippen LogP contribution in [0, 0.1) is 11.8 Å². The van der Waals surface area contributed by atoms with Crippen molar-refractivity contribution in [2.24, 2.45) is 0 Å². The van der Waals surface area contributed by atoms with Crippen LogP contribution in [-0.2, 0) is 23.7 Å². The molecule has 0 radical (unpaired) electrons. The maximum Gasteiger partial charge on any atom is 0.311 e. The SMILES string of the molecule is COCCOCOCC#C[C@@H]1CC(=O)O1. The van der Waals surface area contributed by atoms with E-state index in [0.29, 0.717) is 19.6 Å². The Labute approximate surface area is 88.6 Å². The van der Waals surface area contributed by atoms with Gasteiger partial charge in [-0.2, -0.15) is 0 Å². The van der Waals surface area contributed by atoms with E-state index in [9.17, 15) is 4.79 Å². The third kappa shape index (κ3) is 5.37.